The average Bonchev–Trinajstić information content (AvgIpc) is 2.70. The summed E-state index contributed by atoms with van der Waals surface area (Å²) in [5.74, 6) is 0. The maximum atomic E-state index is 6.10. The molecule has 1 heterocycles. The summed E-state index contributed by atoms with van der Waals surface area (Å²) in [7, 11) is 4.48. The highest BCUT2D eigenvalue weighted by Gasteiger charge is 2.34. The first-order valence-electron chi connectivity index (χ1n) is 10.1. The Labute approximate surface area is 172 Å². The Bertz CT molecular complexity index is 944. The van der Waals surface area contributed by atoms with Crippen molar-refractivity contribution in [3.63, 3.8) is 0 Å². The van der Waals surface area contributed by atoms with Crippen molar-refractivity contribution in [2.45, 2.75) is 44.1 Å². The topological polar surface area (TPSA) is 28.2 Å². The van der Waals surface area contributed by atoms with Crippen molar-refractivity contribution >= 4 is 33.9 Å². The van der Waals surface area contributed by atoms with Gasteiger partial charge in [-0.2, -0.15) is 0 Å². The Morgan fingerprint density at radius 3 is 2.46 bits per heavy atom. The number of nitrogens with one attached hydrogen (secondary N) is 1. The average molecular weight is 394 g/mol. The molecule has 0 spiro atoms. The minimum absolute atomic E-state index is 0.313. The quantitative estimate of drug-likeness (QED) is 0.540. The van der Waals surface area contributed by atoms with Crippen LogP contribution in [0.1, 0.15) is 37.7 Å². The van der Waals surface area contributed by atoms with E-state index in [1.54, 1.807) is 0 Å². The molecule has 1 fully saturated rings. The molecule has 1 aliphatic carbocycles. The van der Waals surface area contributed by atoms with Crippen LogP contribution in [0, 0.1) is 0 Å². The number of anilines is 2. The van der Waals surface area contributed by atoms with Gasteiger partial charge in [-0.1, -0.05) is 43.0 Å². The molecule has 1 aliphatic rings. The molecular formula is C24H28ClN3. The highest BCUT2D eigenvalue weighted by Crippen LogP contribution is 2.35. The Kier molecular flexibility index (Phi) is 5.56. The van der Waals surface area contributed by atoms with Crippen LogP contribution in [-0.2, 0) is 6.42 Å². The zero-order valence-electron chi connectivity index (χ0n) is 16.7. The third kappa shape index (κ3) is 4.01. The number of pyridine rings is 1. The lowest BCUT2D eigenvalue weighted by atomic mass is 9.76. The molecule has 4 rings (SSSR count). The molecule has 28 heavy (non-hydrogen) atoms. The molecule has 0 amide bonds. The summed E-state index contributed by atoms with van der Waals surface area (Å²) in [4.78, 5) is 6.87. The molecule has 4 heteroatoms. The number of rotatable bonds is 5. The van der Waals surface area contributed by atoms with E-state index in [0.29, 0.717) is 10.6 Å². The third-order valence-electron chi connectivity index (χ3n) is 6.20. The molecule has 146 valence electrons. The van der Waals surface area contributed by atoms with Crippen molar-refractivity contribution in [1.29, 1.82) is 0 Å². The van der Waals surface area contributed by atoms with Gasteiger partial charge in [0, 0.05) is 33.5 Å². The standard InChI is InChI=1S/C24H28ClN3/c1-28(2)24(13-4-3-5-14-24)17-18-6-9-20(10-7-18)27-22-12-15-26-23-16-19(25)8-11-21(22)23/h6-12,15-16H,3-5,13-14,17H2,1-2H3,(H,26,27). The summed E-state index contributed by atoms with van der Waals surface area (Å²) in [6.45, 7) is 0. The summed E-state index contributed by atoms with van der Waals surface area (Å²) in [6, 6.07) is 16.7. The molecule has 3 nitrogen and oxygen atoms in total. The van der Waals surface area contributed by atoms with E-state index in [1.165, 1.54) is 37.7 Å². The van der Waals surface area contributed by atoms with Crippen molar-refractivity contribution in [1.82, 2.24) is 9.88 Å². The zero-order valence-corrected chi connectivity index (χ0v) is 17.5. The fourth-order valence-corrected chi connectivity index (χ4v) is 4.63. The summed E-state index contributed by atoms with van der Waals surface area (Å²) < 4.78 is 0. The first-order chi connectivity index (χ1) is 13.6. The van der Waals surface area contributed by atoms with E-state index in [9.17, 15) is 0 Å². The Morgan fingerprint density at radius 1 is 1.00 bits per heavy atom. The molecule has 0 atom stereocenters. The number of hydrogen-bond donors (Lipinski definition) is 1. The second kappa shape index (κ2) is 8.10. The number of hydrogen-bond acceptors (Lipinski definition) is 3. The fraction of sp³-hybridized carbons (Fsp3) is 0.375. The lowest BCUT2D eigenvalue weighted by molar-refractivity contribution is 0.100. The van der Waals surface area contributed by atoms with Gasteiger partial charge in [0.25, 0.3) is 0 Å². The third-order valence-corrected chi connectivity index (χ3v) is 6.44. The molecule has 0 saturated heterocycles. The van der Waals surface area contributed by atoms with Crippen LogP contribution in [0.25, 0.3) is 10.9 Å². The van der Waals surface area contributed by atoms with E-state index < -0.39 is 0 Å². The second-order valence-corrected chi connectivity index (χ2v) is 8.63. The van der Waals surface area contributed by atoms with E-state index in [1.807, 2.05) is 30.5 Å². The maximum Gasteiger partial charge on any atom is 0.0737 e. The number of benzene rings is 2. The van der Waals surface area contributed by atoms with Crippen molar-refractivity contribution in [2.24, 2.45) is 0 Å². The lowest BCUT2D eigenvalue weighted by Gasteiger charge is -2.43. The van der Waals surface area contributed by atoms with Gasteiger partial charge in [-0.05, 0) is 75.3 Å². The first-order valence-corrected chi connectivity index (χ1v) is 10.5. The minimum atomic E-state index is 0.313. The van der Waals surface area contributed by atoms with Crippen LogP contribution in [-0.4, -0.2) is 29.5 Å². The predicted octanol–water partition coefficient (Wildman–Crippen LogP) is 6.44. The first kappa shape index (κ1) is 19.2. The van der Waals surface area contributed by atoms with Gasteiger partial charge in [-0.3, -0.25) is 4.98 Å². The number of likely N-dealkylation sites (N-methyl/N-ethyl adjacent to an activating group) is 1. The normalized spacial score (nSPS) is 16.4. The van der Waals surface area contributed by atoms with Gasteiger partial charge in [0.15, 0.2) is 0 Å². The molecule has 0 bridgehead atoms. The van der Waals surface area contributed by atoms with Gasteiger partial charge in [-0.25, -0.2) is 0 Å². The number of halogens is 1. The Morgan fingerprint density at radius 2 is 1.75 bits per heavy atom. The fourth-order valence-electron chi connectivity index (χ4n) is 4.46. The van der Waals surface area contributed by atoms with Crippen LogP contribution in [0.5, 0.6) is 0 Å². The van der Waals surface area contributed by atoms with E-state index in [4.69, 9.17) is 11.6 Å². The smallest absolute Gasteiger partial charge is 0.0737 e. The molecule has 3 aromatic rings. The molecular weight excluding hydrogens is 366 g/mol. The molecule has 0 unspecified atom stereocenters. The molecule has 1 aromatic heterocycles. The van der Waals surface area contributed by atoms with Crippen molar-refractivity contribution < 1.29 is 0 Å². The SMILES string of the molecule is CN(C)C1(Cc2ccc(Nc3ccnc4cc(Cl)ccc34)cc2)CCCCC1. The highest BCUT2D eigenvalue weighted by molar-refractivity contribution is 6.31. The summed E-state index contributed by atoms with van der Waals surface area (Å²) in [5.41, 5.74) is 4.76. The van der Waals surface area contributed by atoms with Gasteiger partial charge < -0.3 is 10.2 Å². The van der Waals surface area contributed by atoms with Crippen LogP contribution in [0.2, 0.25) is 5.02 Å². The molecule has 1 N–H and O–H groups in total. The maximum absolute atomic E-state index is 6.10. The van der Waals surface area contributed by atoms with Crippen molar-refractivity contribution in [3.05, 3.63) is 65.3 Å². The molecule has 0 aliphatic heterocycles. The summed E-state index contributed by atoms with van der Waals surface area (Å²) in [6.07, 6.45) is 9.60. The minimum Gasteiger partial charge on any atom is -0.355 e. The van der Waals surface area contributed by atoms with Gasteiger partial charge in [0.1, 0.15) is 0 Å². The molecule has 2 aromatic carbocycles. The van der Waals surface area contributed by atoms with E-state index in [-0.39, 0.29) is 0 Å². The van der Waals surface area contributed by atoms with Crippen LogP contribution >= 0.6 is 11.6 Å². The number of aromatic nitrogens is 1. The summed E-state index contributed by atoms with van der Waals surface area (Å²) >= 11 is 6.10. The molecule has 1 saturated carbocycles. The van der Waals surface area contributed by atoms with E-state index in [2.05, 4.69) is 53.6 Å². The zero-order chi connectivity index (χ0) is 19.6. The lowest BCUT2D eigenvalue weighted by Crippen LogP contribution is -2.47. The van der Waals surface area contributed by atoms with Crippen molar-refractivity contribution in [3.8, 4) is 0 Å². The monoisotopic (exact) mass is 393 g/mol. The van der Waals surface area contributed by atoms with Gasteiger partial charge in [0.05, 0.1) is 5.52 Å². The Balaban J connectivity index is 1.52. The van der Waals surface area contributed by atoms with Crippen LogP contribution in [0.4, 0.5) is 11.4 Å². The predicted molar refractivity (Wildman–Crippen MR) is 120 cm³/mol. The van der Waals surface area contributed by atoms with Gasteiger partial charge >= 0.3 is 0 Å². The molecule has 0 radical (unpaired) electrons. The van der Waals surface area contributed by atoms with Crippen molar-refractivity contribution in [2.75, 3.05) is 19.4 Å². The van der Waals surface area contributed by atoms with E-state index >= 15 is 0 Å². The van der Waals surface area contributed by atoms with Crippen LogP contribution in [0.3, 0.4) is 0 Å². The van der Waals surface area contributed by atoms with Gasteiger partial charge in [-0.15, -0.1) is 0 Å². The van der Waals surface area contributed by atoms with Gasteiger partial charge in [0.2, 0.25) is 0 Å². The number of fused-ring (bicyclic) bond motifs is 1. The summed E-state index contributed by atoms with van der Waals surface area (Å²) in [5, 5.41) is 5.32. The second-order valence-electron chi connectivity index (χ2n) is 8.20. The largest absolute Gasteiger partial charge is 0.355 e. The highest BCUT2D eigenvalue weighted by atomic mass is 35.5. The van der Waals surface area contributed by atoms with Crippen LogP contribution in [0.15, 0.2) is 54.7 Å². The van der Waals surface area contributed by atoms with E-state index in [0.717, 1.165) is 28.7 Å². The Hall–Kier alpha value is -2.10. The van der Waals surface area contributed by atoms with Crippen LogP contribution < -0.4 is 5.32 Å². The number of nitrogens with zero attached hydrogens (tertiary/aromatic N) is 2.